The number of para-hydroxylation sites is 1. The summed E-state index contributed by atoms with van der Waals surface area (Å²) in [5, 5.41) is 0.586. The van der Waals surface area contributed by atoms with Crippen LogP contribution in [0.3, 0.4) is 0 Å². The molecule has 2 aromatic heterocycles. The topological polar surface area (TPSA) is 80.2 Å². The van der Waals surface area contributed by atoms with Crippen molar-refractivity contribution in [2.75, 3.05) is 10.7 Å². The standard InChI is InChI=1S/C23H21N3O3S2/c27-22(14-8-16-31(28,29)19-10-2-1-3-11-19)26(17-18-9-6-7-15-24-18)23-25-20-12-4-5-13-21(20)30-23/h1-7,9-13,15H,8,14,16-17H2. The van der Waals surface area contributed by atoms with E-state index in [-0.39, 0.29) is 35.9 Å². The van der Waals surface area contributed by atoms with Crippen molar-refractivity contribution in [3.63, 3.8) is 0 Å². The Hall–Kier alpha value is -3.10. The molecule has 0 spiro atoms. The van der Waals surface area contributed by atoms with Crippen LogP contribution >= 0.6 is 11.3 Å². The van der Waals surface area contributed by atoms with Gasteiger partial charge in [0.1, 0.15) is 0 Å². The van der Waals surface area contributed by atoms with Gasteiger partial charge in [0.15, 0.2) is 15.0 Å². The first kappa shape index (κ1) is 21.1. The van der Waals surface area contributed by atoms with Crippen LogP contribution in [-0.2, 0) is 21.2 Å². The maximum Gasteiger partial charge on any atom is 0.229 e. The minimum absolute atomic E-state index is 0.0833. The Morgan fingerprint density at radius 3 is 2.42 bits per heavy atom. The number of thiazole rings is 1. The number of carbonyl (C=O) groups is 1. The van der Waals surface area contributed by atoms with Crippen LogP contribution in [0.25, 0.3) is 10.2 Å². The van der Waals surface area contributed by atoms with Crippen LogP contribution in [0.4, 0.5) is 5.13 Å². The molecule has 0 atom stereocenters. The molecule has 2 aromatic carbocycles. The van der Waals surface area contributed by atoms with Crippen LogP contribution < -0.4 is 4.90 Å². The van der Waals surface area contributed by atoms with E-state index in [0.29, 0.717) is 5.13 Å². The largest absolute Gasteiger partial charge is 0.282 e. The summed E-state index contributed by atoms with van der Waals surface area (Å²) in [5.74, 6) is -0.256. The summed E-state index contributed by atoms with van der Waals surface area (Å²) >= 11 is 1.44. The second-order valence-electron chi connectivity index (χ2n) is 7.00. The van der Waals surface area contributed by atoms with Gasteiger partial charge in [0.05, 0.1) is 33.1 Å². The lowest BCUT2D eigenvalue weighted by atomic mass is 10.2. The van der Waals surface area contributed by atoms with Gasteiger partial charge in [0.25, 0.3) is 0 Å². The number of anilines is 1. The van der Waals surface area contributed by atoms with Crippen molar-refractivity contribution in [3.8, 4) is 0 Å². The molecular formula is C23H21N3O3S2. The Kier molecular flexibility index (Phi) is 6.39. The molecule has 6 nitrogen and oxygen atoms in total. The van der Waals surface area contributed by atoms with Crippen LogP contribution in [0.15, 0.2) is 83.9 Å². The fourth-order valence-corrected chi connectivity index (χ4v) is 5.50. The zero-order valence-electron chi connectivity index (χ0n) is 16.7. The highest BCUT2D eigenvalue weighted by Gasteiger charge is 2.22. The van der Waals surface area contributed by atoms with Crippen molar-refractivity contribution in [2.24, 2.45) is 0 Å². The third-order valence-electron chi connectivity index (χ3n) is 4.77. The van der Waals surface area contributed by atoms with Crippen molar-refractivity contribution in [1.29, 1.82) is 0 Å². The lowest BCUT2D eigenvalue weighted by molar-refractivity contribution is -0.118. The summed E-state index contributed by atoms with van der Waals surface area (Å²) in [6.07, 6.45) is 2.03. The number of hydrogen-bond acceptors (Lipinski definition) is 6. The number of fused-ring (bicyclic) bond motifs is 1. The Morgan fingerprint density at radius 2 is 1.68 bits per heavy atom. The van der Waals surface area contributed by atoms with Crippen LogP contribution in [0.5, 0.6) is 0 Å². The van der Waals surface area contributed by atoms with E-state index >= 15 is 0 Å². The molecule has 0 fully saturated rings. The van der Waals surface area contributed by atoms with E-state index in [4.69, 9.17) is 0 Å². The number of carbonyl (C=O) groups excluding carboxylic acids is 1. The summed E-state index contributed by atoms with van der Waals surface area (Å²) in [4.78, 5) is 23.9. The number of sulfone groups is 1. The summed E-state index contributed by atoms with van der Waals surface area (Å²) < 4.78 is 26.0. The summed E-state index contributed by atoms with van der Waals surface area (Å²) in [6, 6.07) is 21.6. The highest BCUT2D eigenvalue weighted by molar-refractivity contribution is 7.91. The lowest BCUT2D eigenvalue weighted by Crippen LogP contribution is -2.30. The molecule has 158 valence electrons. The van der Waals surface area contributed by atoms with Crippen molar-refractivity contribution >= 4 is 42.4 Å². The Morgan fingerprint density at radius 1 is 0.935 bits per heavy atom. The number of rotatable bonds is 8. The fraction of sp³-hybridized carbons (Fsp3) is 0.174. The molecule has 0 bridgehead atoms. The van der Waals surface area contributed by atoms with Gasteiger partial charge in [-0.3, -0.25) is 14.7 Å². The van der Waals surface area contributed by atoms with Gasteiger partial charge in [0, 0.05) is 12.6 Å². The molecule has 0 radical (unpaired) electrons. The van der Waals surface area contributed by atoms with Gasteiger partial charge in [-0.1, -0.05) is 47.7 Å². The quantitative estimate of drug-likeness (QED) is 0.395. The lowest BCUT2D eigenvalue weighted by Gasteiger charge is -2.19. The third-order valence-corrected chi connectivity index (χ3v) is 7.64. The minimum atomic E-state index is -3.42. The Bertz CT molecular complexity index is 1240. The molecule has 0 aliphatic rings. The highest BCUT2D eigenvalue weighted by Crippen LogP contribution is 2.30. The minimum Gasteiger partial charge on any atom is -0.282 e. The molecule has 0 aliphatic heterocycles. The van der Waals surface area contributed by atoms with E-state index in [1.165, 1.54) is 11.3 Å². The van der Waals surface area contributed by atoms with Crippen LogP contribution in [0.1, 0.15) is 18.5 Å². The number of nitrogens with zero attached hydrogens (tertiary/aromatic N) is 3. The van der Waals surface area contributed by atoms with Gasteiger partial charge < -0.3 is 0 Å². The molecule has 0 N–H and O–H groups in total. The van der Waals surface area contributed by atoms with E-state index < -0.39 is 9.84 Å². The first-order valence-electron chi connectivity index (χ1n) is 9.86. The highest BCUT2D eigenvalue weighted by atomic mass is 32.2. The molecule has 2 heterocycles. The SMILES string of the molecule is O=C(CCCS(=O)(=O)c1ccccc1)N(Cc1ccccn1)c1nc2ccccc2s1. The van der Waals surface area contributed by atoms with E-state index in [2.05, 4.69) is 9.97 Å². The normalized spacial score (nSPS) is 11.5. The third kappa shape index (κ3) is 5.15. The molecule has 4 aromatic rings. The van der Waals surface area contributed by atoms with Gasteiger partial charge in [-0.15, -0.1) is 0 Å². The number of aromatic nitrogens is 2. The summed E-state index contributed by atoms with van der Waals surface area (Å²) in [5.41, 5.74) is 1.57. The fourth-order valence-electron chi connectivity index (χ4n) is 3.19. The van der Waals surface area contributed by atoms with Crippen LogP contribution in [-0.4, -0.2) is 30.0 Å². The van der Waals surface area contributed by atoms with Gasteiger partial charge in [0.2, 0.25) is 5.91 Å². The van der Waals surface area contributed by atoms with E-state index in [1.54, 1.807) is 41.4 Å². The Balaban J connectivity index is 1.51. The molecule has 0 aliphatic carbocycles. The predicted molar refractivity (Wildman–Crippen MR) is 123 cm³/mol. The van der Waals surface area contributed by atoms with Crippen LogP contribution in [0.2, 0.25) is 0 Å². The molecule has 0 saturated heterocycles. The zero-order valence-corrected chi connectivity index (χ0v) is 18.3. The summed E-state index contributed by atoms with van der Waals surface area (Å²) in [6.45, 7) is 0.283. The molecule has 4 rings (SSSR count). The number of hydrogen-bond donors (Lipinski definition) is 0. The van der Waals surface area contributed by atoms with E-state index in [9.17, 15) is 13.2 Å². The van der Waals surface area contributed by atoms with Crippen molar-refractivity contribution in [1.82, 2.24) is 9.97 Å². The molecule has 8 heteroatoms. The van der Waals surface area contributed by atoms with E-state index in [0.717, 1.165) is 15.9 Å². The van der Waals surface area contributed by atoms with Crippen molar-refractivity contribution in [2.45, 2.75) is 24.3 Å². The smallest absolute Gasteiger partial charge is 0.229 e. The first-order chi connectivity index (χ1) is 15.0. The second kappa shape index (κ2) is 9.36. The van der Waals surface area contributed by atoms with Gasteiger partial charge >= 0.3 is 0 Å². The zero-order chi connectivity index (χ0) is 21.7. The van der Waals surface area contributed by atoms with Gasteiger partial charge in [-0.05, 0) is 42.8 Å². The molecular weight excluding hydrogens is 430 g/mol. The number of pyridine rings is 1. The average Bonchev–Trinajstić information content (AvgIpc) is 3.22. The van der Waals surface area contributed by atoms with Gasteiger partial charge in [-0.25, -0.2) is 13.4 Å². The predicted octanol–water partition coefficient (Wildman–Crippen LogP) is 4.48. The maximum atomic E-state index is 13.1. The monoisotopic (exact) mass is 451 g/mol. The summed E-state index contributed by atoms with van der Waals surface area (Å²) in [7, 11) is -3.42. The van der Waals surface area contributed by atoms with Crippen molar-refractivity contribution < 1.29 is 13.2 Å². The Labute approximate surface area is 185 Å². The van der Waals surface area contributed by atoms with E-state index in [1.807, 2.05) is 42.5 Å². The van der Waals surface area contributed by atoms with Gasteiger partial charge in [-0.2, -0.15) is 0 Å². The number of benzene rings is 2. The second-order valence-corrected chi connectivity index (χ2v) is 10.1. The van der Waals surface area contributed by atoms with Crippen molar-refractivity contribution in [3.05, 3.63) is 84.7 Å². The average molecular weight is 452 g/mol. The maximum absolute atomic E-state index is 13.1. The first-order valence-corrected chi connectivity index (χ1v) is 12.3. The van der Waals surface area contributed by atoms with Crippen LogP contribution in [0, 0.1) is 0 Å². The molecule has 31 heavy (non-hydrogen) atoms. The molecule has 0 unspecified atom stereocenters. The molecule has 0 saturated carbocycles. The number of amides is 1. The molecule has 1 amide bonds.